The van der Waals surface area contributed by atoms with Crippen molar-refractivity contribution >= 4 is 11.8 Å². The maximum Gasteiger partial charge on any atom is 0.266 e. The zero-order valence-electron chi connectivity index (χ0n) is 17.0. The maximum absolute atomic E-state index is 13.2. The molecule has 2 aromatic rings. The van der Waals surface area contributed by atoms with Crippen LogP contribution in [-0.2, 0) is 16.0 Å². The van der Waals surface area contributed by atoms with Crippen LogP contribution in [0.1, 0.15) is 30.5 Å². The molecule has 1 N–H and O–H groups in total. The third-order valence-corrected chi connectivity index (χ3v) is 5.19. The quantitative estimate of drug-likeness (QED) is 0.867. The average molecular weight is 380 g/mol. The second-order valence-electron chi connectivity index (χ2n) is 7.95. The SMILES string of the molecule is Cc1cccc(OC(C)(C)C(=O)N2CC(=O)N[C@@H](Cc3ccccc3)C2)c1C. The normalized spacial score (nSPS) is 17.2. The molecule has 5 nitrogen and oxygen atoms in total. The number of rotatable bonds is 5. The number of nitrogens with zero attached hydrogens (tertiary/aromatic N) is 1. The van der Waals surface area contributed by atoms with Crippen molar-refractivity contribution in [3.8, 4) is 5.75 Å². The van der Waals surface area contributed by atoms with Crippen molar-refractivity contribution in [3.63, 3.8) is 0 Å². The lowest BCUT2D eigenvalue weighted by atomic mass is 10.0. The summed E-state index contributed by atoms with van der Waals surface area (Å²) >= 11 is 0. The summed E-state index contributed by atoms with van der Waals surface area (Å²) in [6.45, 7) is 8.05. The fourth-order valence-electron chi connectivity index (χ4n) is 3.53. The second kappa shape index (κ2) is 8.05. The van der Waals surface area contributed by atoms with Crippen LogP contribution < -0.4 is 10.1 Å². The van der Waals surface area contributed by atoms with Crippen molar-refractivity contribution in [1.29, 1.82) is 0 Å². The lowest BCUT2D eigenvalue weighted by molar-refractivity contribution is -0.150. The summed E-state index contributed by atoms with van der Waals surface area (Å²) in [5.74, 6) is 0.380. The third kappa shape index (κ3) is 4.53. The summed E-state index contributed by atoms with van der Waals surface area (Å²) in [6, 6.07) is 15.7. The number of carbonyl (C=O) groups is 2. The van der Waals surface area contributed by atoms with Crippen LogP contribution in [0.4, 0.5) is 0 Å². The number of carbonyl (C=O) groups excluding carboxylic acids is 2. The zero-order valence-corrected chi connectivity index (χ0v) is 17.0. The van der Waals surface area contributed by atoms with E-state index in [0.717, 1.165) is 16.7 Å². The molecule has 1 heterocycles. The Morgan fingerprint density at radius 1 is 1.14 bits per heavy atom. The summed E-state index contributed by atoms with van der Waals surface area (Å²) in [6.07, 6.45) is 0.689. The maximum atomic E-state index is 13.2. The van der Waals surface area contributed by atoms with E-state index >= 15 is 0 Å². The van der Waals surface area contributed by atoms with E-state index < -0.39 is 5.60 Å². The molecule has 1 saturated heterocycles. The number of piperazine rings is 1. The van der Waals surface area contributed by atoms with Gasteiger partial charge in [0.05, 0.1) is 12.6 Å². The number of hydrogen-bond donors (Lipinski definition) is 1. The van der Waals surface area contributed by atoms with E-state index in [0.29, 0.717) is 18.7 Å². The minimum Gasteiger partial charge on any atom is -0.478 e. The number of hydrogen-bond acceptors (Lipinski definition) is 3. The molecule has 28 heavy (non-hydrogen) atoms. The predicted octanol–water partition coefficient (Wildman–Crippen LogP) is 3.03. The van der Waals surface area contributed by atoms with Gasteiger partial charge in [0.15, 0.2) is 5.60 Å². The van der Waals surface area contributed by atoms with Crippen LogP contribution in [0.3, 0.4) is 0 Å². The molecule has 0 saturated carbocycles. The molecule has 0 unspecified atom stereocenters. The Bertz CT molecular complexity index is 861. The Labute approximate surface area is 166 Å². The molecule has 0 radical (unpaired) electrons. The first-order valence-electron chi connectivity index (χ1n) is 9.64. The van der Waals surface area contributed by atoms with Crippen molar-refractivity contribution in [2.45, 2.75) is 45.8 Å². The first-order chi connectivity index (χ1) is 13.3. The van der Waals surface area contributed by atoms with Gasteiger partial charge in [-0.3, -0.25) is 9.59 Å². The summed E-state index contributed by atoms with van der Waals surface area (Å²) in [5, 5.41) is 2.99. The number of nitrogens with one attached hydrogen (secondary N) is 1. The molecule has 2 aromatic carbocycles. The monoisotopic (exact) mass is 380 g/mol. The van der Waals surface area contributed by atoms with Gasteiger partial charge in [-0.15, -0.1) is 0 Å². The van der Waals surface area contributed by atoms with Gasteiger partial charge in [-0.1, -0.05) is 42.5 Å². The van der Waals surface area contributed by atoms with E-state index in [1.54, 1.807) is 18.7 Å². The molecule has 0 spiro atoms. The number of ether oxygens (including phenoxy) is 1. The number of benzene rings is 2. The van der Waals surface area contributed by atoms with Crippen LogP contribution in [0.15, 0.2) is 48.5 Å². The summed E-state index contributed by atoms with van der Waals surface area (Å²) < 4.78 is 6.09. The van der Waals surface area contributed by atoms with E-state index in [1.165, 1.54) is 0 Å². The van der Waals surface area contributed by atoms with Gasteiger partial charge in [-0.05, 0) is 56.9 Å². The molecule has 0 aliphatic carbocycles. The second-order valence-corrected chi connectivity index (χ2v) is 7.95. The molecule has 1 atom stereocenters. The van der Waals surface area contributed by atoms with Crippen LogP contribution in [0, 0.1) is 13.8 Å². The zero-order chi connectivity index (χ0) is 20.3. The van der Waals surface area contributed by atoms with Crippen LogP contribution in [0.5, 0.6) is 5.75 Å². The van der Waals surface area contributed by atoms with Crippen molar-refractivity contribution in [1.82, 2.24) is 10.2 Å². The Hall–Kier alpha value is -2.82. The Morgan fingerprint density at radius 2 is 1.86 bits per heavy atom. The number of aryl methyl sites for hydroxylation is 1. The third-order valence-electron chi connectivity index (χ3n) is 5.19. The lowest BCUT2D eigenvalue weighted by Gasteiger charge is -2.37. The minimum absolute atomic E-state index is 0.0592. The smallest absolute Gasteiger partial charge is 0.266 e. The summed E-state index contributed by atoms with van der Waals surface area (Å²) in [4.78, 5) is 27.0. The van der Waals surface area contributed by atoms with Crippen LogP contribution in [0.25, 0.3) is 0 Å². The molecule has 1 aliphatic heterocycles. The predicted molar refractivity (Wildman–Crippen MR) is 109 cm³/mol. The Balaban J connectivity index is 1.72. The molecule has 148 valence electrons. The molecular weight excluding hydrogens is 352 g/mol. The van der Waals surface area contributed by atoms with Crippen molar-refractivity contribution in [2.75, 3.05) is 13.1 Å². The highest BCUT2D eigenvalue weighted by molar-refractivity contribution is 5.90. The highest BCUT2D eigenvalue weighted by atomic mass is 16.5. The van der Waals surface area contributed by atoms with Crippen LogP contribution >= 0.6 is 0 Å². The van der Waals surface area contributed by atoms with Gasteiger partial charge in [0, 0.05) is 6.54 Å². The van der Waals surface area contributed by atoms with Gasteiger partial charge in [-0.25, -0.2) is 0 Å². The highest BCUT2D eigenvalue weighted by Gasteiger charge is 2.38. The topological polar surface area (TPSA) is 58.6 Å². The van der Waals surface area contributed by atoms with E-state index in [-0.39, 0.29) is 24.4 Å². The largest absolute Gasteiger partial charge is 0.478 e. The van der Waals surface area contributed by atoms with E-state index in [2.05, 4.69) is 5.32 Å². The van der Waals surface area contributed by atoms with Gasteiger partial charge < -0.3 is 15.0 Å². The van der Waals surface area contributed by atoms with Gasteiger partial charge in [-0.2, -0.15) is 0 Å². The van der Waals surface area contributed by atoms with Crippen molar-refractivity contribution in [3.05, 3.63) is 65.2 Å². The molecular formula is C23H28N2O3. The Kier molecular flexibility index (Phi) is 5.73. The van der Waals surface area contributed by atoms with Crippen molar-refractivity contribution in [2.24, 2.45) is 0 Å². The molecule has 2 amide bonds. The van der Waals surface area contributed by atoms with Gasteiger partial charge >= 0.3 is 0 Å². The first kappa shape index (κ1) is 19.9. The molecule has 3 rings (SSSR count). The highest BCUT2D eigenvalue weighted by Crippen LogP contribution is 2.26. The van der Waals surface area contributed by atoms with Gasteiger partial charge in [0.2, 0.25) is 5.91 Å². The van der Waals surface area contributed by atoms with Gasteiger partial charge in [0.1, 0.15) is 5.75 Å². The van der Waals surface area contributed by atoms with Crippen LogP contribution in [0.2, 0.25) is 0 Å². The first-order valence-corrected chi connectivity index (χ1v) is 9.64. The molecule has 0 bridgehead atoms. The fraction of sp³-hybridized carbons (Fsp3) is 0.391. The van der Waals surface area contributed by atoms with Gasteiger partial charge in [0.25, 0.3) is 5.91 Å². The summed E-state index contributed by atoms with van der Waals surface area (Å²) in [5.41, 5.74) is 2.20. The lowest BCUT2D eigenvalue weighted by Crippen LogP contribution is -2.60. The molecule has 0 aromatic heterocycles. The van der Waals surface area contributed by atoms with E-state index in [9.17, 15) is 9.59 Å². The molecule has 5 heteroatoms. The summed E-state index contributed by atoms with van der Waals surface area (Å²) in [7, 11) is 0. The molecule has 1 fully saturated rings. The van der Waals surface area contributed by atoms with Crippen LogP contribution in [-0.4, -0.2) is 41.4 Å². The average Bonchev–Trinajstić information content (AvgIpc) is 2.65. The Morgan fingerprint density at radius 3 is 2.57 bits per heavy atom. The van der Waals surface area contributed by atoms with E-state index in [4.69, 9.17) is 4.74 Å². The van der Waals surface area contributed by atoms with Crippen molar-refractivity contribution < 1.29 is 14.3 Å². The minimum atomic E-state index is -1.06. The standard InChI is InChI=1S/C23H28N2O3/c1-16-9-8-12-20(17(16)2)28-23(3,4)22(27)25-14-19(24-21(26)15-25)13-18-10-6-5-7-11-18/h5-12,19H,13-15H2,1-4H3,(H,24,26)/t19-/m0/s1. The number of amides is 2. The van der Waals surface area contributed by atoms with E-state index in [1.807, 2.05) is 62.4 Å². The molecule has 1 aliphatic rings. The fourth-order valence-corrected chi connectivity index (χ4v) is 3.53.